The van der Waals surface area contributed by atoms with Crippen molar-refractivity contribution in [3.63, 3.8) is 0 Å². The fourth-order valence-electron chi connectivity index (χ4n) is 1.31. The Balaban J connectivity index is -0.000000139. The van der Waals surface area contributed by atoms with Crippen LogP contribution < -0.4 is 0 Å². The molecule has 8 nitrogen and oxygen atoms in total. The van der Waals surface area contributed by atoms with Crippen LogP contribution >= 0.6 is 0 Å². The van der Waals surface area contributed by atoms with Crippen molar-refractivity contribution in [2.45, 2.75) is 78.1 Å². The van der Waals surface area contributed by atoms with Gasteiger partial charge in [0.15, 0.2) is 0 Å². The maximum absolute atomic E-state index is 11.3. The zero-order valence-corrected chi connectivity index (χ0v) is 24.7. The van der Waals surface area contributed by atoms with E-state index in [2.05, 4.69) is 0 Å². The fraction of sp³-hybridized carbons (Fsp3) is 0.600. The van der Waals surface area contributed by atoms with E-state index in [0.717, 1.165) is 27.7 Å². The summed E-state index contributed by atoms with van der Waals surface area (Å²) in [5.41, 5.74) is 0. The first-order valence-corrected chi connectivity index (χ1v) is 9.73. The fourth-order valence-corrected chi connectivity index (χ4v) is 1.31. The molecule has 0 saturated heterocycles. The summed E-state index contributed by atoms with van der Waals surface area (Å²) in [4.78, 5) is 79.6. The van der Waals surface area contributed by atoms with Gasteiger partial charge < -0.3 is 0 Å². The molecule has 21 heteroatoms. The Hall–Kier alpha value is -2.61. The van der Waals surface area contributed by atoms with E-state index in [9.17, 15) is 91.0 Å². The number of ketones is 8. The molecule has 0 fully saturated rings. The van der Waals surface area contributed by atoms with Gasteiger partial charge in [0.25, 0.3) is 0 Å². The van der Waals surface area contributed by atoms with Crippen LogP contribution in [0.3, 0.4) is 0 Å². The van der Waals surface area contributed by atoms with Gasteiger partial charge in [-0.25, -0.2) is 0 Å². The van der Waals surface area contributed by atoms with Gasteiger partial charge in [-0.05, 0) is 27.7 Å². The van der Waals surface area contributed by atoms with Crippen molar-refractivity contribution >= 4 is 46.3 Å². The van der Waals surface area contributed by atoms with E-state index < -0.39 is 96.7 Å². The standard InChI is InChI=1S/4C5H5F3O2.Hf/c4*1-3(9)2-4(10)5(6,7)8;/h4*2H2,1H3;. The number of alkyl halides is 12. The molecule has 0 bridgehead atoms. The van der Waals surface area contributed by atoms with Gasteiger partial charge in [-0.15, -0.1) is 0 Å². The average molecular weight is 795 g/mol. The Morgan fingerprint density at radius 1 is 0.341 bits per heavy atom. The maximum Gasteiger partial charge on any atom is 0.450 e. The predicted octanol–water partition coefficient (Wildman–Crippen LogP) is 4.39. The molecule has 236 valence electrons. The maximum atomic E-state index is 11.3. The number of hydrogen-bond acceptors (Lipinski definition) is 8. The monoisotopic (exact) mass is 796 g/mol. The smallest absolute Gasteiger partial charge is 0.300 e. The van der Waals surface area contributed by atoms with Gasteiger partial charge in [-0.3, -0.25) is 38.4 Å². The zero-order chi connectivity index (χ0) is 33.4. The average Bonchev–Trinajstić information content (AvgIpc) is 2.64. The minimum absolute atomic E-state index is 0. The van der Waals surface area contributed by atoms with E-state index in [1.54, 1.807) is 0 Å². The molecule has 0 heterocycles. The molecule has 0 amide bonds. The van der Waals surface area contributed by atoms with E-state index in [4.69, 9.17) is 0 Å². The first kappa shape index (κ1) is 48.1. The van der Waals surface area contributed by atoms with Crippen molar-refractivity contribution < 1.29 is 117 Å². The van der Waals surface area contributed by atoms with Crippen LogP contribution in [0.15, 0.2) is 0 Å². The number of rotatable bonds is 8. The molecule has 0 saturated carbocycles. The summed E-state index contributed by atoms with van der Waals surface area (Å²) in [7, 11) is 0. The van der Waals surface area contributed by atoms with Gasteiger partial charge in [0.2, 0.25) is 23.1 Å². The van der Waals surface area contributed by atoms with Crippen LogP contribution in [-0.2, 0) is 64.2 Å². The largest absolute Gasteiger partial charge is 0.450 e. The molecule has 0 aliphatic heterocycles. The second-order valence-corrected chi connectivity index (χ2v) is 7.20. The Morgan fingerprint density at radius 3 is 0.463 bits per heavy atom. The summed E-state index contributed by atoms with van der Waals surface area (Å²) in [6.07, 6.45) is -23.7. The van der Waals surface area contributed by atoms with Crippen LogP contribution in [0.1, 0.15) is 53.4 Å². The second-order valence-electron chi connectivity index (χ2n) is 7.20. The van der Waals surface area contributed by atoms with Crippen molar-refractivity contribution in [2.75, 3.05) is 0 Å². The number of Topliss-reactive ketones (excluding diaryl/α,β-unsaturated/α-hetero) is 8. The van der Waals surface area contributed by atoms with Crippen LogP contribution in [-0.4, -0.2) is 71.0 Å². The van der Waals surface area contributed by atoms with E-state index >= 15 is 0 Å². The molecule has 0 aromatic rings. The van der Waals surface area contributed by atoms with Crippen molar-refractivity contribution in [2.24, 2.45) is 0 Å². The van der Waals surface area contributed by atoms with Crippen molar-refractivity contribution in [1.82, 2.24) is 0 Å². The molecule has 41 heavy (non-hydrogen) atoms. The van der Waals surface area contributed by atoms with Gasteiger partial charge in [0.05, 0.1) is 25.7 Å². The molecule has 0 aliphatic carbocycles. The number of halogens is 12. The van der Waals surface area contributed by atoms with E-state index in [-0.39, 0.29) is 25.8 Å². The third-order valence-electron chi connectivity index (χ3n) is 2.90. The van der Waals surface area contributed by atoms with Gasteiger partial charge in [-0.2, -0.15) is 52.7 Å². The SMILES string of the molecule is CC(=O)CC(=O)C(F)(F)F.CC(=O)CC(=O)C(F)(F)F.CC(=O)CC(=O)C(F)(F)F.CC(=O)CC(=O)C(F)(F)F.[Hf]. The molecule has 0 N–H and O–H groups in total. The van der Waals surface area contributed by atoms with Crippen molar-refractivity contribution in [3.8, 4) is 0 Å². The normalized spacial score (nSPS) is 10.9. The molecule has 0 aromatic heterocycles. The third kappa shape index (κ3) is 33.5. The summed E-state index contributed by atoms with van der Waals surface area (Å²) in [6, 6.07) is 0. The van der Waals surface area contributed by atoms with Gasteiger partial charge in [-0.1, -0.05) is 0 Å². The first-order valence-electron chi connectivity index (χ1n) is 9.73. The van der Waals surface area contributed by atoms with Gasteiger partial charge >= 0.3 is 24.7 Å². The second kappa shape index (κ2) is 20.3. The molecule has 0 rings (SSSR count). The van der Waals surface area contributed by atoms with Gasteiger partial charge in [0.1, 0.15) is 23.1 Å². The minimum Gasteiger partial charge on any atom is -0.300 e. The Labute approximate surface area is 241 Å². The third-order valence-corrected chi connectivity index (χ3v) is 2.90. The van der Waals surface area contributed by atoms with Crippen LogP contribution in [0.2, 0.25) is 0 Å². The molecular formula is C20H20F12HfO8. The Bertz CT molecular complexity index is 794. The van der Waals surface area contributed by atoms with Crippen LogP contribution in [0.5, 0.6) is 0 Å². The molecule has 0 aliphatic rings. The summed E-state index contributed by atoms with van der Waals surface area (Å²) in [5, 5.41) is 0. The quantitative estimate of drug-likeness (QED) is 0.201. The van der Waals surface area contributed by atoms with Gasteiger partial charge in [0, 0.05) is 25.8 Å². The summed E-state index contributed by atoms with van der Waals surface area (Å²) in [6.45, 7) is 3.74. The number of carbonyl (C=O) groups excluding carboxylic acids is 8. The van der Waals surface area contributed by atoms with E-state index in [0.29, 0.717) is 0 Å². The van der Waals surface area contributed by atoms with Crippen LogP contribution in [0.4, 0.5) is 52.7 Å². The Kier molecular flexibility index (Phi) is 23.8. The first-order chi connectivity index (χ1) is 17.3. The molecule has 0 radical (unpaired) electrons. The van der Waals surface area contributed by atoms with Crippen molar-refractivity contribution in [3.05, 3.63) is 0 Å². The summed E-state index contributed by atoms with van der Waals surface area (Å²) in [5.74, 6) is -11.0. The molecular weight excluding hydrogens is 775 g/mol. The van der Waals surface area contributed by atoms with E-state index in [1.165, 1.54) is 0 Å². The van der Waals surface area contributed by atoms with Crippen LogP contribution in [0.25, 0.3) is 0 Å². The summed E-state index contributed by atoms with van der Waals surface area (Å²) >= 11 is 0. The minimum atomic E-state index is -4.87. The zero-order valence-electron chi connectivity index (χ0n) is 21.1. The molecule has 0 unspecified atom stereocenters. The van der Waals surface area contributed by atoms with E-state index in [1.807, 2.05) is 0 Å². The molecule has 0 atom stereocenters. The van der Waals surface area contributed by atoms with Crippen molar-refractivity contribution in [1.29, 1.82) is 0 Å². The number of hydrogen-bond donors (Lipinski definition) is 0. The topological polar surface area (TPSA) is 137 Å². The predicted molar refractivity (Wildman–Crippen MR) is 105 cm³/mol. The van der Waals surface area contributed by atoms with Crippen LogP contribution in [0, 0.1) is 0 Å². The molecule has 0 spiro atoms. The summed E-state index contributed by atoms with van der Waals surface area (Å²) < 4.78 is 136. The number of carbonyl (C=O) groups is 8. The molecule has 0 aromatic carbocycles. The Morgan fingerprint density at radius 2 is 0.439 bits per heavy atom.